The molecule has 3 aromatic heterocycles. The summed E-state index contributed by atoms with van der Waals surface area (Å²) in [4.78, 5) is 17.0. The van der Waals surface area contributed by atoms with Crippen LogP contribution in [0.5, 0.6) is 5.75 Å². The summed E-state index contributed by atoms with van der Waals surface area (Å²) in [5, 5.41) is 3.74. The molecule has 0 aliphatic heterocycles. The van der Waals surface area contributed by atoms with Gasteiger partial charge >= 0.3 is 0 Å². The number of amides is 1. The number of carbonyl (C=O) groups excluding carboxylic acids is 1. The highest BCUT2D eigenvalue weighted by atomic mass is 16.5. The standard InChI is InChI=1S/C19H17N3O3/c1-11-9-22-10-13(4-7-17(22)20-11)21-19(23)18-12(2)15-8-14(24-3)5-6-16(15)25-18/h4-10H,1-3H3,(H,21,23). The number of hydrogen-bond acceptors (Lipinski definition) is 4. The quantitative estimate of drug-likeness (QED) is 0.615. The number of nitrogens with one attached hydrogen (secondary N) is 1. The minimum atomic E-state index is -0.288. The van der Waals surface area contributed by atoms with E-state index in [9.17, 15) is 4.79 Å². The van der Waals surface area contributed by atoms with Crippen LogP contribution in [0.25, 0.3) is 16.6 Å². The molecular formula is C19H17N3O3. The van der Waals surface area contributed by atoms with E-state index in [1.54, 1.807) is 13.2 Å². The van der Waals surface area contributed by atoms with Gasteiger partial charge in [0.15, 0.2) is 5.76 Å². The maximum Gasteiger partial charge on any atom is 0.291 e. The van der Waals surface area contributed by atoms with Crippen molar-refractivity contribution in [1.29, 1.82) is 0 Å². The molecular weight excluding hydrogens is 318 g/mol. The highest BCUT2D eigenvalue weighted by Gasteiger charge is 2.18. The Bertz CT molecular complexity index is 1110. The maximum atomic E-state index is 12.6. The van der Waals surface area contributed by atoms with Crippen LogP contribution in [-0.4, -0.2) is 22.4 Å². The van der Waals surface area contributed by atoms with Gasteiger partial charge in [-0.25, -0.2) is 4.98 Å². The third kappa shape index (κ3) is 2.61. The fraction of sp³-hybridized carbons (Fsp3) is 0.158. The largest absolute Gasteiger partial charge is 0.497 e. The van der Waals surface area contributed by atoms with Gasteiger partial charge in [0.25, 0.3) is 5.91 Å². The van der Waals surface area contributed by atoms with Crippen molar-refractivity contribution >= 4 is 28.2 Å². The van der Waals surface area contributed by atoms with Gasteiger partial charge in [-0.1, -0.05) is 0 Å². The van der Waals surface area contributed by atoms with Crippen molar-refractivity contribution in [3.05, 3.63) is 59.7 Å². The van der Waals surface area contributed by atoms with Gasteiger partial charge in [0.05, 0.1) is 18.5 Å². The molecule has 4 aromatic rings. The summed E-state index contributed by atoms with van der Waals surface area (Å²) in [7, 11) is 1.61. The van der Waals surface area contributed by atoms with Gasteiger partial charge in [-0.05, 0) is 44.2 Å². The van der Waals surface area contributed by atoms with Crippen molar-refractivity contribution in [1.82, 2.24) is 9.38 Å². The van der Waals surface area contributed by atoms with Crippen LogP contribution < -0.4 is 10.1 Å². The molecule has 6 heteroatoms. The van der Waals surface area contributed by atoms with Gasteiger partial charge < -0.3 is 18.9 Å². The lowest BCUT2D eigenvalue weighted by atomic mass is 10.1. The Morgan fingerprint density at radius 3 is 2.84 bits per heavy atom. The molecule has 6 nitrogen and oxygen atoms in total. The number of hydrogen-bond donors (Lipinski definition) is 1. The lowest BCUT2D eigenvalue weighted by molar-refractivity contribution is 0.0998. The summed E-state index contributed by atoms with van der Waals surface area (Å²) in [6.07, 6.45) is 3.73. The topological polar surface area (TPSA) is 68.8 Å². The third-order valence-corrected chi connectivity index (χ3v) is 4.18. The zero-order valence-corrected chi connectivity index (χ0v) is 14.2. The van der Waals surface area contributed by atoms with Crippen LogP contribution in [0.2, 0.25) is 0 Å². The Labute approximate surface area is 144 Å². The molecule has 1 amide bonds. The molecule has 0 bridgehead atoms. The summed E-state index contributed by atoms with van der Waals surface area (Å²) < 4.78 is 12.8. The number of anilines is 1. The number of methoxy groups -OCH3 is 1. The van der Waals surface area contributed by atoms with Crippen molar-refractivity contribution in [2.24, 2.45) is 0 Å². The molecule has 4 rings (SSSR count). The molecule has 0 saturated heterocycles. The van der Waals surface area contributed by atoms with Crippen LogP contribution in [0.3, 0.4) is 0 Å². The lowest BCUT2D eigenvalue weighted by Gasteiger charge is -2.04. The Hall–Kier alpha value is -3.28. The smallest absolute Gasteiger partial charge is 0.291 e. The normalized spacial score (nSPS) is 11.2. The summed E-state index contributed by atoms with van der Waals surface area (Å²) in [5.41, 5.74) is 3.87. The average molecular weight is 335 g/mol. The van der Waals surface area contributed by atoms with Crippen molar-refractivity contribution in [2.75, 3.05) is 12.4 Å². The second-order valence-corrected chi connectivity index (χ2v) is 5.94. The van der Waals surface area contributed by atoms with Crippen LogP contribution in [0, 0.1) is 13.8 Å². The average Bonchev–Trinajstić information content (AvgIpc) is 3.13. The molecule has 0 atom stereocenters. The first kappa shape index (κ1) is 15.3. The Morgan fingerprint density at radius 2 is 2.04 bits per heavy atom. The first-order chi connectivity index (χ1) is 12.0. The number of carbonyl (C=O) groups is 1. The number of imidazole rings is 1. The molecule has 0 radical (unpaired) electrons. The van der Waals surface area contributed by atoms with Crippen molar-refractivity contribution < 1.29 is 13.9 Å². The Balaban J connectivity index is 1.67. The van der Waals surface area contributed by atoms with Crippen LogP contribution in [-0.2, 0) is 0 Å². The number of rotatable bonds is 3. The zero-order valence-electron chi connectivity index (χ0n) is 14.2. The Kier molecular flexibility index (Phi) is 3.46. The van der Waals surface area contributed by atoms with Crippen molar-refractivity contribution in [3.63, 3.8) is 0 Å². The van der Waals surface area contributed by atoms with Crippen LogP contribution >= 0.6 is 0 Å². The van der Waals surface area contributed by atoms with Crippen molar-refractivity contribution in [3.8, 4) is 5.75 Å². The van der Waals surface area contributed by atoms with Gasteiger partial charge in [0.2, 0.25) is 0 Å². The van der Waals surface area contributed by atoms with E-state index >= 15 is 0 Å². The fourth-order valence-corrected chi connectivity index (χ4v) is 2.92. The third-order valence-electron chi connectivity index (χ3n) is 4.18. The first-order valence-corrected chi connectivity index (χ1v) is 7.89. The summed E-state index contributed by atoms with van der Waals surface area (Å²) in [6.45, 7) is 3.79. The molecule has 0 spiro atoms. The van der Waals surface area contributed by atoms with Gasteiger partial charge in [-0.2, -0.15) is 0 Å². The number of benzene rings is 1. The Morgan fingerprint density at radius 1 is 1.20 bits per heavy atom. The van der Waals surface area contributed by atoms with Crippen molar-refractivity contribution in [2.45, 2.75) is 13.8 Å². The molecule has 0 fully saturated rings. The highest BCUT2D eigenvalue weighted by Crippen LogP contribution is 2.29. The molecule has 1 aromatic carbocycles. The SMILES string of the molecule is COc1ccc2oc(C(=O)Nc3ccc4nc(C)cn4c3)c(C)c2c1. The predicted molar refractivity (Wildman–Crippen MR) is 95.4 cm³/mol. The fourth-order valence-electron chi connectivity index (χ4n) is 2.92. The zero-order chi connectivity index (χ0) is 17.6. The number of pyridine rings is 1. The molecule has 0 saturated carbocycles. The lowest BCUT2D eigenvalue weighted by Crippen LogP contribution is -2.12. The minimum Gasteiger partial charge on any atom is -0.497 e. The molecule has 126 valence electrons. The molecule has 1 N–H and O–H groups in total. The van der Waals surface area contributed by atoms with Gasteiger partial charge in [-0.3, -0.25) is 4.79 Å². The van der Waals surface area contributed by atoms with E-state index in [0.29, 0.717) is 17.0 Å². The number of fused-ring (bicyclic) bond motifs is 2. The van der Waals surface area contributed by atoms with E-state index < -0.39 is 0 Å². The second-order valence-electron chi connectivity index (χ2n) is 5.94. The minimum absolute atomic E-state index is 0.288. The van der Waals surface area contributed by atoms with Crippen LogP contribution in [0.4, 0.5) is 5.69 Å². The number of ether oxygens (including phenoxy) is 1. The number of nitrogens with zero attached hydrogens (tertiary/aromatic N) is 2. The molecule has 0 aliphatic rings. The second kappa shape index (κ2) is 5.66. The molecule has 25 heavy (non-hydrogen) atoms. The molecule has 3 heterocycles. The number of aryl methyl sites for hydroxylation is 2. The number of furan rings is 1. The van der Waals surface area contributed by atoms with Gasteiger partial charge in [-0.15, -0.1) is 0 Å². The van der Waals surface area contributed by atoms with E-state index in [0.717, 1.165) is 28.0 Å². The summed E-state index contributed by atoms with van der Waals surface area (Å²) in [5.74, 6) is 0.735. The molecule has 0 unspecified atom stereocenters. The van der Waals surface area contributed by atoms with E-state index in [-0.39, 0.29) is 5.91 Å². The van der Waals surface area contributed by atoms with E-state index in [2.05, 4.69) is 10.3 Å². The van der Waals surface area contributed by atoms with Crippen LogP contribution in [0.1, 0.15) is 21.8 Å². The summed E-state index contributed by atoms with van der Waals surface area (Å²) >= 11 is 0. The van der Waals surface area contributed by atoms with E-state index in [1.165, 1.54) is 0 Å². The number of aromatic nitrogens is 2. The van der Waals surface area contributed by atoms with Crippen LogP contribution in [0.15, 0.2) is 47.1 Å². The van der Waals surface area contributed by atoms with Gasteiger partial charge in [0.1, 0.15) is 17.0 Å². The first-order valence-electron chi connectivity index (χ1n) is 7.89. The van der Waals surface area contributed by atoms with E-state index in [1.807, 2.05) is 54.9 Å². The predicted octanol–water partition coefficient (Wildman–Crippen LogP) is 3.96. The van der Waals surface area contributed by atoms with E-state index in [4.69, 9.17) is 9.15 Å². The monoisotopic (exact) mass is 335 g/mol. The maximum absolute atomic E-state index is 12.6. The van der Waals surface area contributed by atoms with Gasteiger partial charge in [0, 0.05) is 23.3 Å². The molecule has 0 aliphatic carbocycles. The highest BCUT2D eigenvalue weighted by molar-refractivity contribution is 6.06. The summed E-state index contributed by atoms with van der Waals surface area (Å²) in [6, 6.07) is 9.16.